The lowest BCUT2D eigenvalue weighted by molar-refractivity contribution is 0.381. The van der Waals surface area contributed by atoms with E-state index >= 15 is 0 Å². The molecule has 0 aliphatic heterocycles. The molecule has 0 aliphatic rings. The number of rotatable bonds is 2. The van der Waals surface area contributed by atoms with Gasteiger partial charge in [-0.2, -0.15) is 0 Å². The lowest BCUT2D eigenvalue weighted by Gasteiger charge is -2.29. The molecule has 0 spiro atoms. The summed E-state index contributed by atoms with van der Waals surface area (Å²) in [6.07, 6.45) is 0. The molecule has 0 bridgehead atoms. The van der Waals surface area contributed by atoms with Crippen LogP contribution in [0.5, 0.6) is 0 Å². The van der Waals surface area contributed by atoms with E-state index in [1.165, 1.54) is 7.11 Å². The summed E-state index contributed by atoms with van der Waals surface area (Å²) in [6, 6.07) is 9.39. The molecule has 1 aromatic carbocycles. The highest BCUT2D eigenvalue weighted by molar-refractivity contribution is 7.68. The van der Waals surface area contributed by atoms with Crippen molar-refractivity contribution in [1.29, 1.82) is 0 Å². The van der Waals surface area contributed by atoms with Gasteiger partial charge in [-0.3, -0.25) is 4.57 Å². The normalized spacial score (nSPS) is 16.3. The van der Waals surface area contributed by atoms with E-state index in [1.807, 2.05) is 51.1 Å². The fourth-order valence-corrected chi connectivity index (χ4v) is 3.49. The Hall–Kier alpha value is -0.590. The molecule has 0 saturated heterocycles. The van der Waals surface area contributed by atoms with E-state index in [0.717, 1.165) is 5.30 Å². The molecule has 0 aliphatic carbocycles. The minimum atomic E-state index is -2.74. The smallest absolute Gasteiger partial charge is 0.236 e. The average Bonchev–Trinajstić information content (AvgIpc) is 2.16. The van der Waals surface area contributed by atoms with Crippen molar-refractivity contribution < 1.29 is 9.09 Å². The van der Waals surface area contributed by atoms with Gasteiger partial charge < -0.3 is 4.52 Å². The molecule has 0 saturated carbocycles. The largest absolute Gasteiger partial charge is 0.328 e. The predicted molar refractivity (Wildman–Crippen MR) is 60.4 cm³/mol. The fourth-order valence-electron chi connectivity index (χ4n) is 1.39. The van der Waals surface area contributed by atoms with Crippen LogP contribution in [0, 0.1) is 0 Å². The maximum Gasteiger partial charge on any atom is 0.236 e. The maximum atomic E-state index is 12.6. The van der Waals surface area contributed by atoms with Crippen LogP contribution in [0.2, 0.25) is 0 Å². The average molecular weight is 212 g/mol. The molecule has 1 aromatic rings. The molecular formula is C11H17O2P. The summed E-state index contributed by atoms with van der Waals surface area (Å²) in [5, 5.41) is 0.429. The van der Waals surface area contributed by atoms with E-state index in [4.69, 9.17) is 4.52 Å². The van der Waals surface area contributed by atoms with Crippen molar-refractivity contribution in [3.05, 3.63) is 30.3 Å². The first-order valence-corrected chi connectivity index (χ1v) is 6.26. The summed E-state index contributed by atoms with van der Waals surface area (Å²) in [5.41, 5.74) is 0. The molecule has 0 amide bonds. The van der Waals surface area contributed by atoms with E-state index in [2.05, 4.69) is 0 Å². The van der Waals surface area contributed by atoms with Crippen LogP contribution in [-0.2, 0) is 9.09 Å². The SMILES string of the molecule is COP(=O)(c1ccccc1)C(C)(C)C. The second-order valence-corrected chi connectivity index (χ2v) is 7.57. The van der Waals surface area contributed by atoms with Crippen molar-refractivity contribution in [2.24, 2.45) is 0 Å². The number of benzene rings is 1. The Morgan fingerprint density at radius 1 is 1.14 bits per heavy atom. The molecule has 1 atom stereocenters. The van der Waals surface area contributed by atoms with Crippen molar-refractivity contribution in [2.45, 2.75) is 25.9 Å². The number of hydrogen-bond donors (Lipinski definition) is 0. The van der Waals surface area contributed by atoms with Crippen molar-refractivity contribution in [3.63, 3.8) is 0 Å². The van der Waals surface area contributed by atoms with Crippen LogP contribution in [0.25, 0.3) is 0 Å². The highest BCUT2D eigenvalue weighted by Crippen LogP contribution is 2.56. The third kappa shape index (κ3) is 1.92. The molecule has 2 nitrogen and oxygen atoms in total. The Bertz CT molecular complexity index is 338. The second-order valence-electron chi connectivity index (χ2n) is 4.24. The molecule has 78 valence electrons. The summed E-state index contributed by atoms with van der Waals surface area (Å²) < 4.78 is 17.8. The molecule has 1 unspecified atom stereocenters. The summed E-state index contributed by atoms with van der Waals surface area (Å²) in [7, 11) is -1.22. The van der Waals surface area contributed by atoms with Crippen LogP contribution in [0.3, 0.4) is 0 Å². The standard InChI is InChI=1S/C11H17O2P/c1-11(2,3)14(12,13-4)10-8-6-5-7-9-10/h5-9H,1-4H3. The van der Waals surface area contributed by atoms with Gasteiger partial charge in [0.15, 0.2) is 0 Å². The maximum absolute atomic E-state index is 12.6. The van der Waals surface area contributed by atoms with Crippen molar-refractivity contribution in [2.75, 3.05) is 7.11 Å². The van der Waals surface area contributed by atoms with Crippen molar-refractivity contribution >= 4 is 12.7 Å². The van der Waals surface area contributed by atoms with Crippen molar-refractivity contribution in [3.8, 4) is 0 Å². The zero-order chi connectivity index (χ0) is 10.8. The highest BCUT2D eigenvalue weighted by atomic mass is 31.2. The van der Waals surface area contributed by atoms with Gasteiger partial charge in [0, 0.05) is 17.6 Å². The van der Waals surface area contributed by atoms with E-state index in [1.54, 1.807) is 0 Å². The Kier molecular flexibility index (Phi) is 3.18. The van der Waals surface area contributed by atoms with Gasteiger partial charge in [-0.25, -0.2) is 0 Å². The minimum absolute atomic E-state index is 0.358. The quantitative estimate of drug-likeness (QED) is 0.704. The van der Waals surface area contributed by atoms with Gasteiger partial charge in [0.2, 0.25) is 7.37 Å². The first-order chi connectivity index (χ1) is 6.42. The topological polar surface area (TPSA) is 26.3 Å². The molecular weight excluding hydrogens is 195 g/mol. The Labute approximate surface area is 85.7 Å². The van der Waals surface area contributed by atoms with E-state index in [-0.39, 0.29) is 5.16 Å². The third-order valence-electron chi connectivity index (χ3n) is 2.24. The van der Waals surface area contributed by atoms with Crippen LogP contribution in [-0.4, -0.2) is 12.3 Å². The lowest BCUT2D eigenvalue weighted by Crippen LogP contribution is -2.23. The Morgan fingerprint density at radius 2 is 1.64 bits per heavy atom. The summed E-state index contributed by atoms with van der Waals surface area (Å²) >= 11 is 0. The Morgan fingerprint density at radius 3 is 2.00 bits per heavy atom. The second kappa shape index (κ2) is 3.88. The predicted octanol–water partition coefficient (Wildman–Crippen LogP) is 3.03. The van der Waals surface area contributed by atoms with Crippen molar-refractivity contribution in [1.82, 2.24) is 0 Å². The zero-order valence-corrected chi connectivity index (χ0v) is 10.0. The molecule has 0 fully saturated rings. The lowest BCUT2D eigenvalue weighted by atomic mass is 10.3. The molecule has 1 rings (SSSR count). The Balaban J connectivity index is 3.23. The molecule has 14 heavy (non-hydrogen) atoms. The van der Waals surface area contributed by atoms with Gasteiger partial charge in [-0.05, 0) is 12.1 Å². The van der Waals surface area contributed by atoms with Crippen LogP contribution in [0.4, 0.5) is 0 Å². The van der Waals surface area contributed by atoms with Gasteiger partial charge in [-0.15, -0.1) is 0 Å². The monoisotopic (exact) mass is 212 g/mol. The van der Waals surface area contributed by atoms with Crippen LogP contribution in [0.15, 0.2) is 30.3 Å². The molecule has 3 heteroatoms. The van der Waals surface area contributed by atoms with E-state index in [9.17, 15) is 4.57 Å². The first kappa shape index (κ1) is 11.5. The third-order valence-corrected chi connectivity index (χ3v) is 5.49. The van der Waals surface area contributed by atoms with Crippen LogP contribution in [0.1, 0.15) is 20.8 Å². The summed E-state index contributed by atoms with van der Waals surface area (Å²) in [4.78, 5) is 0. The van der Waals surface area contributed by atoms with Gasteiger partial charge in [0.1, 0.15) is 0 Å². The summed E-state index contributed by atoms with van der Waals surface area (Å²) in [5.74, 6) is 0. The summed E-state index contributed by atoms with van der Waals surface area (Å²) in [6.45, 7) is 5.80. The van der Waals surface area contributed by atoms with Crippen LogP contribution < -0.4 is 5.30 Å². The van der Waals surface area contributed by atoms with E-state index in [0.29, 0.717) is 0 Å². The van der Waals surface area contributed by atoms with E-state index < -0.39 is 7.37 Å². The van der Waals surface area contributed by atoms with Gasteiger partial charge in [-0.1, -0.05) is 39.0 Å². The molecule has 0 heterocycles. The number of hydrogen-bond acceptors (Lipinski definition) is 2. The first-order valence-electron chi connectivity index (χ1n) is 4.63. The van der Waals surface area contributed by atoms with Gasteiger partial charge >= 0.3 is 0 Å². The van der Waals surface area contributed by atoms with Crippen LogP contribution >= 0.6 is 7.37 Å². The highest BCUT2D eigenvalue weighted by Gasteiger charge is 2.38. The molecule has 0 radical (unpaired) electrons. The fraction of sp³-hybridized carbons (Fsp3) is 0.455. The van der Waals surface area contributed by atoms with Gasteiger partial charge in [0.25, 0.3) is 0 Å². The zero-order valence-electron chi connectivity index (χ0n) is 9.15. The molecule has 0 aromatic heterocycles. The minimum Gasteiger partial charge on any atom is -0.328 e. The van der Waals surface area contributed by atoms with Gasteiger partial charge in [0.05, 0.1) is 0 Å². The molecule has 0 N–H and O–H groups in total.